The van der Waals surface area contributed by atoms with Crippen LogP contribution in [0.25, 0.3) is 0 Å². The SMILES string of the molecule is O=C(CCc1cc(Cl)ccc1F)CCc1cc(Cl)ccc1F. The third-order valence-electron chi connectivity index (χ3n) is 3.36. The Balaban J connectivity index is 1.88. The Labute approximate surface area is 137 Å². The Morgan fingerprint density at radius 3 is 1.64 bits per heavy atom. The van der Waals surface area contributed by atoms with Gasteiger partial charge in [0.1, 0.15) is 17.4 Å². The summed E-state index contributed by atoms with van der Waals surface area (Å²) in [5, 5.41) is 0.870. The molecule has 2 rings (SSSR count). The van der Waals surface area contributed by atoms with Crippen molar-refractivity contribution in [1.29, 1.82) is 0 Å². The molecule has 0 spiro atoms. The minimum absolute atomic E-state index is 0.0567. The third-order valence-corrected chi connectivity index (χ3v) is 3.83. The molecule has 2 aromatic rings. The summed E-state index contributed by atoms with van der Waals surface area (Å²) in [4.78, 5) is 11.9. The van der Waals surface area contributed by atoms with Crippen LogP contribution in [0.4, 0.5) is 8.78 Å². The van der Waals surface area contributed by atoms with E-state index in [1.165, 1.54) is 36.4 Å². The first kappa shape index (κ1) is 16.9. The number of halogens is 4. The average Bonchev–Trinajstić information content (AvgIpc) is 2.49. The summed E-state index contributed by atoms with van der Waals surface area (Å²) in [6.07, 6.45) is 0.950. The fourth-order valence-electron chi connectivity index (χ4n) is 2.14. The van der Waals surface area contributed by atoms with Crippen molar-refractivity contribution in [2.75, 3.05) is 0 Å². The smallest absolute Gasteiger partial charge is 0.133 e. The van der Waals surface area contributed by atoms with Gasteiger partial charge in [0.15, 0.2) is 0 Å². The molecule has 0 aliphatic rings. The van der Waals surface area contributed by atoms with Gasteiger partial charge in [0.25, 0.3) is 0 Å². The number of hydrogen-bond acceptors (Lipinski definition) is 1. The summed E-state index contributed by atoms with van der Waals surface area (Å²) in [5.41, 5.74) is 0.824. The number of carbonyl (C=O) groups excluding carboxylic acids is 1. The summed E-state index contributed by atoms with van der Waals surface area (Å²) in [6.45, 7) is 0. The normalized spacial score (nSPS) is 10.7. The molecule has 0 radical (unpaired) electrons. The molecule has 0 aromatic heterocycles. The van der Waals surface area contributed by atoms with Gasteiger partial charge < -0.3 is 0 Å². The van der Waals surface area contributed by atoms with Crippen molar-refractivity contribution in [2.24, 2.45) is 0 Å². The van der Waals surface area contributed by atoms with Crippen molar-refractivity contribution in [3.8, 4) is 0 Å². The van der Waals surface area contributed by atoms with E-state index in [0.717, 1.165) is 0 Å². The number of carbonyl (C=O) groups is 1. The number of benzene rings is 2. The first-order valence-electron chi connectivity index (χ1n) is 6.85. The monoisotopic (exact) mass is 342 g/mol. The van der Waals surface area contributed by atoms with E-state index in [4.69, 9.17) is 23.2 Å². The van der Waals surface area contributed by atoms with E-state index in [2.05, 4.69) is 0 Å². The molecule has 0 N–H and O–H groups in total. The van der Waals surface area contributed by atoms with Gasteiger partial charge in [0, 0.05) is 22.9 Å². The van der Waals surface area contributed by atoms with E-state index in [1.807, 2.05) is 0 Å². The van der Waals surface area contributed by atoms with Crippen LogP contribution in [0, 0.1) is 11.6 Å². The first-order chi connectivity index (χ1) is 10.5. The largest absolute Gasteiger partial charge is 0.300 e. The van der Waals surface area contributed by atoms with E-state index in [0.29, 0.717) is 21.2 Å². The van der Waals surface area contributed by atoms with Gasteiger partial charge >= 0.3 is 0 Å². The molecule has 0 amide bonds. The van der Waals surface area contributed by atoms with E-state index >= 15 is 0 Å². The van der Waals surface area contributed by atoms with E-state index in [1.54, 1.807) is 0 Å². The molecule has 2 aromatic carbocycles. The van der Waals surface area contributed by atoms with Crippen molar-refractivity contribution in [3.63, 3.8) is 0 Å². The average molecular weight is 343 g/mol. The zero-order chi connectivity index (χ0) is 16.1. The highest BCUT2D eigenvalue weighted by atomic mass is 35.5. The predicted octanol–water partition coefficient (Wildman–Crippen LogP) is 5.41. The molecule has 22 heavy (non-hydrogen) atoms. The maximum Gasteiger partial charge on any atom is 0.133 e. The van der Waals surface area contributed by atoms with Crippen LogP contribution in [0.3, 0.4) is 0 Å². The molecule has 0 atom stereocenters. The van der Waals surface area contributed by atoms with Crippen LogP contribution in [-0.2, 0) is 17.6 Å². The summed E-state index contributed by atoms with van der Waals surface area (Å²) >= 11 is 11.6. The predicted molar refractivity (Wildman–Crippen MR) is 84.5 cm³/mol. The molecule has 0 aliphatic heterocycles. The van der Waals surface area contributed by atoms with Crippen LogP contribution in [0.15, 0.2) is 36.4 Å². The lowest BCUT2D eigenvalue weighted by atomic mass is 10.0. The van der Waals surface area contributed by atoms with Crippen LogP contribution in [0.5, 0.6) is 0 Å². The molecule has 116 valence electrons. The van der Waals surface area contributed by atoms with Crippen LogP contribution < -0.4 is 0 Å². The number of hydrogen-bond donors (Lipinski definition) is 0. The number of rotatable bonds is 6. The summed E-state index contributed by atoms with van der Waals surface area (Å²) in [5.74, 6) is -0.810. The zero-order valence-electron chi connectivity index (χ0n) is 11.7. The van der Waals surface area contributed by atoms with Crippen molar-refractivity contribution >= 4 is 29.0 Å². The Bertz CT molecular complexity index is 629. The number of aryl methyl sites for hydroxylation is 2. The maximum absolute atomic E-state index is 13.5. The summed E-state index contributed by atoms with van der Waals surface area (Å²) < 4.78 is 27.1. The molecule has 0 aliphatic carbocycles. The molecular weight excluding hydrogens is 329 g/mol. The van der Waals surface area contributed by atoms with E-state index in [9.17, 15) is 13.6 Å². The molecule has 0 bridgehead atoms. The van der Waals surface area contributed by atoms with Crippen molar-refractivity contribution < 1.29 is 13.6 Å². The molecule has 0 heterocycles. The van der Waals surface area contributed by atoms with Gasteiger partial charge in [0.05, 0.1) is 0 Å². The van der Waals surface area contributed by atoms with Gasteiger partial charge in [-0.2, -0.15) is 0 Å². The Morgan fingerprint density at radius 1 is 0.818 bits per heavy atom. The highest BCUT2D eigenvalue weighted by Gasteiger charge is 2.09. The Morgan fingerprint density at radius 2 is 1.23 bits per heavy atom. The second-order valence-corrected chi connectivity index (χ2v) is 5.88. The second kappa shape index (κ2) is 7.70. The highest BCUT2D eigenvalue weighted by Crippen LogP contribution is 2.19. The lowest BCUT2D eigenvalue weighted by Crippen LogP contribution is -2.04. The summed E-state index contributed by atoms with van der Waals surface area (Å²) in [7, 11) is 0. The van der Waals surface area contributed by atoms with Crippen LogP contribution in [0.1, 0.15) is 24.0 Å². The third kappa shape index (κ3) is 4.79. The molecule has 0 saturated carbocycles. The lowest BCUT2D eigenvalue weighted by molar-refractivity contribution is -0.119. The zero-order valence-corrected chi connectivity index (χ0v) is 13.2. The number of ketones is 1. The van der Waals surface area contributed by atoms with Crippen molar-refractivity contribution in [3.05, 3.63) is 69.2 Å². The quantitative estimate of drug-likeness (QED) is 0.686. The van der Waals surface area contributed by atoms with Gasteiger partial charge in [0.2, 0.25) is 0 Å². The minimum atomic E-state index is -0.377. The topological polar surface area (TPSA) is 17.1 Å². The highest BCUT2D eigenvalue weighted by molar-refractivity contribution is 6.30. The molecule has 1 nitrogen and oxygen atoms in total. The van der Waals surface area contributed by atoms with E-state index < -0.39 is 0 Å². The second-order valence-electron chi connectivity index (χ2n) is 5.01. The van der Waals surface area contributed by atoms with Crippen LogP contribution in [0.2, 0.25) is 10.0 Å². The van der Waals surface area contributed by atoms with Gasteiger partial charge in [-0.1, -0.05) is 23.2 Å². The van der Waals surface area contributed by atoms with Crippen LogP contribution in [-0.4, -0.2) is 5.78 Å². The van der Waals surface area contributed by atoms with E-state index in [-0.39, 0.29) is 43.1 Å². The lowest BCUT2D eigenvalue weighted by Gasteiger charge is -2.05. The fraction of sp³-hybridized carbons (Fsp3) is 0.235. The molecule has 0 unspecified atom stereocenters. The first-order valence-corrected chi connectivity index (χ1v) is 7.61. The molecular formula is C17H14Cl2F2O. The Hall–Kier alpha value is -1.45. The van der Waals surface area contributed by atoms with Crippen LogP contribution >= 0.6 is 23.2 Å². The summed E-state index contributed by atoms with van der Waals surface area (Å²) in [6, 6.07) is 8.52. The van der Waals surface area contributed by atoms with Gasteiger partial charge in [-0.25, -0.2) is 8.78 Å². The molecule has 0 saturated heterocycles. The van der Waals surface area contributed by atoms with Gasteiger partial charge in [-0.05, 0) is 60.4 Å². The number of Topliss-reactive ketones (excluding diaryl/α,β-unsaturated/α-hetero) is 1. The van der Waals surface area contributed by atoms with Gasteiger partial charge in [-0.15, -0.1) is 0 Å². The standard InChI is InChI=1S/C17H14Cl2F2O/c18-13-3-7-16(20)11(9-13)1-5-15(22)6-2-12-10-14(19)4-8-17(12)21/h3-4,7-10H,1-2,5-6H2. The fourth-order valence-corrected chi connectivity index (χ4v) is 2.53. The maximum atomic E-state index is 13.5. The minimum Gasteiger partial charge on any atom is -0.300 e. The van der Waals surface area contributed by atoms with Gasteiger partial charge in [-0.3, -0.25) is 4.79 Å². The molecule has 0 fully saturated rings. The molecule has 5 heteroatoms. The van der Waals surface area contributed by atoms with Crippen molar-refractivity contribution in [2.45, 2.75) is 25.7 Å². The Kier molecular flexibility index (Phi) is 5.92. The van der Waals surface area contributed by atoms with Crippen molar-refractivity contribution in [1.82, 2.24) is 0 Å².